The van der Waals surface area contributed by atoms with Crippen LogP contribution in [0.5, 0.6) is 5.75 Å². The molecule has 0 saturated heterocycles. The highest BCUT2D eigenvalue weighted by Gasteiger charge is 2.30. The van der Waals surface area contributed by atoms with Crippen molar-refractivity contribution in [1.29, 1.82) is 0 Å². The van der Waals surface area contributed by atoms with Crippen molar-refractivity contribution in [2.24, 2.45) is 5.73 Å². The molecular weight excluding hydrogens is 257 g/mol. The molecule has 0 spiro atoms. The van der Waals surface area contributed by atoms with Crippen LogP contribution in [0, 0.1) is 0 Å². The molecule has 0 unspecified atom stereocenters. The number of alkyl halides is 3. The van der Waals surface area contributed by atoms with Gasteiger partial charge in [-0.05, 0) is 35.4 Å². The normalized spacial score (nSPS) is 11.4. The van der Waals surface area contributed by atoms with Gasteiger partial charge < -0.3 is 10.5 Å². The van der Waals surface area contributed by atoms with Crippen molar-refractivity contribution in [3.05, 3.63) is 48.3 Å². The number of rotatable bonds is 3. The second-order valence-corrected chi connectivity index (χ2v) is 3.81. The summed E-state index contributed by atoms with van der Waals surface area (Å²) in [4.78, 5) is 4.05. The Labute approximate surface area is 107 Å². The van der Waals surface area contributed by atoms with Crippen LogP contribution in [0.1, 0.15) is 5.69 Å². The van der Waals surface area contributed by atoms with Crippen LogP contribution in [0.4, 0.5) is 13.2 Å². The monoisotopic (exact) mass is 268 g/mol. The number of nitrogens with zero attached hydrogens (tertiary/aromatic N) is 1. The first-order valence-electron chi connectivity index (χ1n) is 5.49. The second-order valence-electron chi connectivity index (χ2n) is 3.81. The average molecular weight is 268 g/mol. The number of benzene rings is 1. The van der Waals surface area contributed by atoms with Crippen LogP contribution < -0.4 is 10.5 Å². The van der Waals surface area contributed by atoms with Gasteiger partial charge in [0.1, 0.15) is 5.75 Å². The van der Waals surface area contributed by atoms with Crippen LogP contribution in [0.2, 0.25) is 0 Å². The first-order chi connectivity index (χ1) is 8.98. The van der Waals surface area contributed by atoms with Gasteiger partial charge in [0, 0.05) is 12.7 Å². The van der Waals surface area contributed by atoms with Gasteiger partial charge in [0.05, 0.1) is 5.69 Å². The molecule has 0 amide bonds. The summed E-state index contributed by atoms with van der Waals surface area (Å²) in [5.41, 5.74) is 7.81. The molecule has 0 aliphatic rings. The van der Waals surface area contributed by atoms with Crippen LogP contribution in [0.3, 0.4) is 0 Å². The van der Waals surface area contributed by atoms with Gasteiger partial charge in [0.2, 0.25) is 0 Å². The molecule has 1 aromatic carbocycles. The van der Waals surface area contributed by atoms with E-state index in [4.69, 9.17) is 5.73 Å². The maximum Gasteiger partial charge on any atom is 0.573 e. The predicted molar refractivity (Wildman–Crippen MR) is 64.2 cm³/mol. The van der Waals surface area contributed by atoms with E-state index >= 15 is 0 Å². The van der Waals surface area contributed by atoms with E-state index in [-0.39, 0.29) is 5.75 Å². The molecule has 0 saturated carbocycles. The van der Waals surface area contributed by atoms with Crippen molar-refractivity contribution in [3.8, 4) is 16.9 Å². The molecule has 19 heavy (non-hydrogen) atoms. The lowest BCUT2D eigenvalue weighted by Gasteiger charge is -2.09. The molecule has 2 N–H and O–H groups in total. The Morgan fingerprint density at radius 3 is 2.32 bits per heavy atom. The molecule has 3 nitrogen and oxygen atoms in total. The fraction of sp³-hybridized carbons (Fsp3) is 0.154. The molecule has 0 bridgehead atoms. The summed E-state index contributed by atoms with van der Waals surface area (Å²) in [5.74, 6) is -0.246. The highest BCUT2D eigenvalue weighted by atomic mass is 19.4. The number of halogens is 3. The minimum absolute atomic E-state index is 0.246. The van der Waals surface area contributed by atoms with Crippen LogP contribution in [-0.4, -0.2) is 11.3 Å². The Kier molecular flexibility index (Phi) is 3.71. The van der Waals surface area contributed by atoms with E-state index in [1.54, 1.807) is 30.5 Å². The largest absolute Gasteiger partial charge is 0.573 e. The molecule has 2 rings (SSSR count). The lowest BCUT2D eigenvalue weighted by molar-refractivity contribution is -0.274. The maximum atomic E-state index is 12.0. The zero-order valence-corrected chi connectivity index (χ0v) is 9.82. The van der Waals surface area contributed by atoms with Gasteiger partial charge in [-0.3, -0.25) is 4.98 Å². The van der Waals surface area contributed by atoms with E-state index in [9.17, 15) is 13.2 Å². The van der Waals surface area contributed by atoms with Crippen LogP contribution in [0.25, 0.3) is 11.1 Å². The van der Waals surface area contributed by atoms with Crippen molar-refractivity contribution < 1.29 is 17.9 Å². The average Bonchev–Trinajstić information content (AvgIpc) is 2.38. The van der Waals surface area contributed by atoms with Crippen LogP contribution in [0.15, 0.2) is 42.6 Å². The Morgan fingerprint density at radius 1 is 1.05 bits per heavy atom. The topological polar surface area (TPSA) is 48.1 Å². The quantitative estimate of drug-likeness (QED) is 0.930. The summed E-state index contributed by atoms with van der Waals surface area (Å²) in [6.07, 6.45) is -3.07. The van der Waals surface area contributed by atoms with Crippen LogP contribution >= 0.6 is 0 Å². The fourth-order valence-electron chi connectivity index (χ4n) is 1.62. The third-order valence-corrected chi connectivity index (χ3v) is 2.45. The van der Waals surface area contributed by atoms with Crippen molar-refractivity contribution in [2.75, 3.05) is 0 Å². The standard InChI is InChI=1S/C13H11F3N2O/c14-13(15,16)19-12-3-1-9(2-4-12)10-5-6-18-11(7-10)8-17/h1-7H,8,17H2. The summed E-state index contributed by atoms with van der Waals surface area (Å²) in [6.45, 7) is 0.309. The Bertz CT molecular complexity index is 553. The molecule has 0 aliphatic carbocycles. The molecule has 0 atom stereocenters. The lowest BCUT2D eigenvalue weighted by Crippen LogP contribution is -2.16. The number of hydrogen-bond acceptors (Lipinski definition) is 3. The third-order valence-electron chi connectivity index (χ3n) is 2.45. The zero-order chi connectivity index (χ0) is 13.9. The van der Waals surface area contributed by atoms with Gasteiger partial charge in [0.25, 0.3) is 0 Å². The van der Waals surface area contributed by atoms with Crippen molar-refractivity contribution in [1.82, 2.24) is 4.98 Å². The number of ether oxygens (including phenoxy) is 1. The molecular formula is C13H11F3N2O. The Morgan fingerprint density at radius 2 is 1.74 bits per heavy atom. The third kappa shape index (κ3) is 3.69. The van der Waals surface area contributed by atoms with E-state index < -0.39 is 6.36 Å². The SMILES string of the molecule is NCc1cc(-c2ccc(OC(F)(F)F)cc2)ccn1. The van der Waals surface area contributed by atoms with Crippen LogP contribution in [-0.2, 0) is 6.54 Å². The van der Waals surface area contributed by atoms with Gasteiger partial charge in [-0.1, -0.05) is 12.1 Å². The molecule has 0 fully saturated rings. The number of aromatic nitrogens is 1. The second kappa shape index (κ2) is 5.27. The van der Waals surface area contributed by atoms with Crippen molar-refractivity contribution in [2.45, 2.75) is 12.9 Å². The Hall–Kier alpha value is -2.08. The highest BCUT2D eigenvalue weighted by Crippen LogP contribution is 2.26. The molecule has 1 aromatic heterocycles. The van der Waals surface area contributed by atoms with E-state index in [1.807, 2.05) is 0 Å². The fourth-order valence-corrected chi connectivity index (χ4v) is 1.62. The van der Waals surface area contributed by atoms with E-state index in [0.717, 1.165) is 11.1 Å². The number of hydrogen-bond donors (Lipinski definition) is 1. The van der Waals surface area contributed by atoms with E-state index in [0.29, 0.717) is 12.2 Å². The smallest absolute Gasteiger partial charge is 0.406 e. The van der Waals surface area contributed by atoms with Crippen molar-refractivity contribution in [3.63, 3.8) is 0 Å². The van der Waals surface area contributed by atoms with Gasteiger partial charge in [-0.15, -0.1) is 13.2 Å². The molecule has 6 heteroatoms. The first kappa shape index (κ1) is 13.4. The molecule has 1 heterocycles. The molecule has 0 aliphatic heterocycles. The van der Waals surface area contributed by atoms with Gasteiger partial charge in [-0.2, -0.15) is 0 Å². The predicted octanol–water partition coefficient (Wildman–Crippen LogP) is 3.11. The summed E-state index contributed by atoms with van der Waals surface area (Å²) >= 11 is 0. The molecule has 2 aromatic rings. The van der Waals surface area contributed by atoms with E-state index in [1.165, 1.54) is 12.1 Å². The number of nitrogens with two attached hydrogens (primary N) is 1. The summed E-state index contributed by atoms with van der Waals surface area (Å²) in [5, 5.41) is 0. The highest BCUT2D eigenvalue weighted by molar-refractivity contribution is 5.64. The zero-order valence-electron chi connectivity index (χ0n) is 9.82. The maximum absolute atomic E-state index is 12.0. The summed E-state index contributed by atoms with van der Waals surface area (Å²) in [7, 11) is 0. The van der Waals surface area contributed by atoms with Gasteiger partial charge >= 0.3 is 6.36 Å². The molecule has 100 valence electrons. The van der Waals surface area contributed by atoms with Gasteiger partial charge in [0.15, 0.2) is 0 Å². The summed E-state index contributed by atoms with van der Waals surface area (Å²) in [6, 6.07) is 9.20. The van der Waals surface area contributed by atoms with E-state index in [2.05, 4.69) is 9.72 Å². The Balaban J connectivity index is 2.22. The minimum Gasteiger partial charge on any atom is -0.406 e. The van der Waals surface area contributed by atoms with Gasteiger partial charge in [-0.25, -0.2) is 0 Å². The minimum atomic E-state index is -4.68. The summed E-state index contributed by atoms with van der Waals surface area (Å²) < 4.78 is 39.9. The first-order valence-corrected chi connectivity index (χ1v) is 5.49. The van der Waals surface area contributed by atoms with Crippen molar-refractivity contribution >= 4 is 0 Å². The molecule has 0 radical (unpaired) electrons. The lowest BCUT2D eigenvalue weighted by atomic mass is 10.1. The number of pyridine rings is 1.